The monoisotopic (exact) mass is 888 g/mol. The lowest BCUT2D eigenvalue weighted by molar-refractivity contribution is -0.136. The highest BCUT2D eigenvalue weighted by molar-refractivity contribution is 5.92. The number of benzene rings is 4. The van der Waals surface area contributed by atoms with Crippen molar-refractivity contribution in [2.24, 2.45) is 0 Å². The molecule has 340 valence electrons. The molecule has 0 unspecified atom stereocenters. The Bertz CT molecular complexity index is 2480. The van der Waals surface area contributed by atoms with Crippen LogP contribution >= 0.6 is 0 Å². The maximum Gasteiger partial charge on any atom is 0.407 e. The van der Waals surface area contributed by atoms with E-state index in [1.807, 2.05) is 80.6 Å². The Hall–Kier alpha value is -7.50. The zero-order valence-corrected chi connectivity index (χ0v) is 36.1. The van der Waals surface area contributed by atoms with Gasteiger partial charge in [-0.3, -0.25) is 9.59 Å². The molecule has 2 aromatic heterocycles. The molecule has 2 fully saturated rings. The van der Waals surface area contributed by atoms with Gasteiger partial charge in [-0.1, -0.05) is 48.5 Å². The first-order valence-electron chi connectivity index (χ1n) is 20.9. The van der Waals surface area contributed by atoms with E-state index in [0.717, 1.165) is 63.2 Å². The third kappa shape index (κ3) is 15.4. The SMILES string of the molecule is Cc1cc(N)ccc1-c1cnco1.Cc1cc(NC(=O)Cc2cccc(CNC(=O)O[C@H]3CCOC3)c2)ccc1-c1cnco1.O=C(O)Cc1cccc(CNC(=O)O[C@H]2CCOC2)c1. The Balaban J connectivity index is 0.000000180. The van der Waals surface area contributed by atoms with Gasteiger partial charge in [0, 0.05) is 48.4 Å². The number of hydrogen-bond acceptors (Lipinski definition) is 13. The number of carbonyl (C=O) groups excluding carboxylic acids is 3. The number of carboxylic acids is 1. The normalized spacial score (nSPS) is 15.0. The van der Waals surface area contributed by atoms with E-state index in [1.165, 1.54) is 12.8 Å². The van der Waals surface area contributed by atoms with Crippen LogP contribution in [-0.2, 0) is 54.5 Å². The molecule has 0 spiro atoms. The molecule has 6 aromatic rings. The van der Waals surface area contributed by atoms with Crippen LogP contribution in [0.4, 0.5) is 21.0 Å². The second-order valence-electron chi connectivity index (χ2n) is 15.3. The zero-order chi connectivity index (χ0) is 46.0. The number of hydrogen-bond donors (Lipinski definition) is 5. The summed E-state index contributed by atoms with van der Waals surface area (Å²) in [6.45, 7) is 6.71. The summed E-state index contributed by atoms with van der Waals surface area (Å²) in [5, 5.41) is 17.0. The van der Waals surface area contributed by atoms with Gasteiger partial charge in [0.05, 0.1) is 51.7 Å². The highest BCUT2D eigenvalue weighted by Gasteiger charge is 2.21. The fraction of sp³-hybridized carbons (Fsp3) is 0.292. The number of carboxylic acid groups (broad SMARTS) is 1. The Morgan fingerprint density at radius 3 is 1.65 bits per heavy atom. The molecule has 4 aromatic carbocycles. The van der Waals surface area contributed by atoms with Gasteiger partial charge in [0.25, 0.3) is 0 Å². The molecule has 2 aliphatic heterocycles. The Morgan fingerprint density at radius 2 is 1.18 bits per heavy atom. The first-order chi connectivity index (χ1) is 31.5. The fourth-order valence-electron chi connectivity index (χ4n) is 6.89. The Kier molecular flexibility index (Phi) is 17.2. The van der Waals surface area contributed by atoms with E-state index < -0.39 is 18.2 Å². The molecule has 4 heterocycles. The number of alkyl carbamates (subject to hydrolysis) is 2. The number of oxazole rings is 2. The lowest BCUT2D eigenvalue weighted by Gasteiger charge is -2.12. The quantitative estimate of drug-likeness (QED) is 0.0710. The lowest BCUT2D eigenvalue weighted by atomic mass is 10.1. The van der Waals surface area contributed by atoms with Crippen molar-refractivity contribution in [1.29, 1.82) is 0 Å². The molecule has 0 saturated carbocycles. The minimum atomic E-state index is -0.879. The molecule has 0 bridgehead atoms. The molecule has 2 aliphatic rings. The maximum absolute atomic E-state index is 12.5. The average Bonchev–Trinajstić information content (AvgIpc) is 4.14. The van der Waals surface area contributed by atoms with Gasteiger partial charge in [-0.15, -0.1) is 0 Å². The van der Waals surface area contributed by atoms with Crippen molar-refractivity contribution < 1.29 is 52.1 Å². The number of nitrogen functional groups attached to an aromatic ring is 1. The van der Waals surface area contributed by atoms with Crippen molar-refractivity contribution in [2.45, 2.75) is 64.8 Å². The number of nitrogens with zero attached hydrogens (tertiary/aromatic N) is 2. The van der Waals surface area contributed by atoms with Gasteiger partial charge in [0.1, 0.15) is 12.2 Å². The first kappa shape index (κ1) is 47.0. The summed E-state index contributed by atoms with van der Waals surface area (Å²) in [5.41, 5.74) is 14.4. The van der Waals surface area contributed by atoms with Crippen molar-refractivity contribution in [3.63, 3.8) is 0 Å². The zero-order valence-electron chi connectivity index (χ0n) is 36.1. The minimum absolute atomic E-state index is 0.0301. The van der Waals surface area contributed by atoms with Crippen LogP contribution in [-0.4, -0.2) is 77.8 Å². The third-order valence-corrected chi connectivity index (χ3v) is 10.1. The smallest absolute Gasteiger partial charge is 0.407 e. The number of anilines is 2. The van der Waals surface area contributed by atoms with E-state index in [-0.39, 0.29) is 31.0 Å². The molecule has 2 saturated heterocycles. The van der Waals surface area contributed by atoms with Gasteiger partial charge in [0.2, 0.25) is 5.91 Å². The van der Waals surface area contributed by atoms with Crippen molar-refractivity contribution in [3.8, 4) is 22.6 Å². The molecule has 17 heteroatoms. The minimum Gasteiger partial charge on any atom is -0.481 e. The van der Waals surface area contributed by atoms with Gasteiger partial charge in [0.15, 0.2) is 24.3 Å². The van der Waals surface area contributed by atoms with E-state index in [9.17, 15) is 19.2 Å². The lowest BCUT2D eigenvalue weighted by Crippen LogP contribution is -2.28. The largest absolute Gasteiger partial charge is 0.481 e. The van der Waals surface area contributed by atoms with Crippen LogP contribution in [0.1, 0.15) is 46.2 Å². The summed E-state index contributed by atoms with van der Waals surface area (Å²) in [4.78, 5) is 54.4. The van der Waals surface area contributed by atoms with Crippen molar-refractivity contribution in [1.82, 2.24) is 20.6 Å². The van der Waals surface area contributed by atoms with Gasteiger partial charge in [-0.2, -0.15) is 0 Å². The predicted molar refractivity (Wildman–Crippen MR) is 239 cm³/mol. The number of nitrogens with two attached hydrogens (primary N) is 1. The third-order valence-electron chi connectivity index (χ3n) is 10.1. The molecule has 17 nitrogen and oxygen atoms in total. The number of amides is 3. The summed E-state index contributed by atoms with van der Waals surface area (Å²) in [5.74, 6) is 0.460. The highest BCUT2D eigenvalue weighted by Crippen LogP contribution is 2.26. The summed E-state index contributed by atoms with van der Waals surface area (Å²) >= 11 is 0. The molecule has 2 atom stereocenters. The molecular formula is C48H52N6O11. The summed E-state index contributed by atoms with van der Waals surface area (Å²) in [6.07, 6.45) is 6.50. The van der Waals surface area contributed by atoms with Gasteiger partial charge in [-0.05, 0) is 83.6 Å². The standard InChI is InChI=1S/C24H25N3O5.C14H17NO5.C10H10N2O/c1-16-9-19(5-6-21(16)22-13-25-15-31-22)27-23(28)11-17-3-2-4-18(10-17)12-26-24(29)32-20-7-8-30-14-20;16-13(17)7-10-2-1-3-11(6-10)8-15-14(18)20-12-4-5-19-9-12;1-7-4-8(11)2-3-9(7)10-5-12-6-13-10/h2-6,9-10,13,15,20H,7-8,11-12,14H2,1H3,(H,26,29)(H,27,28);1-3,6,12H,4-5,7-9H2,(H,15,18)(H,16,17);2-6H,11H2,1H3/t20-;12-;/m00./s1. The van der Waals surface area contributed by atoms with E-state index in [0.29, 0.717) is 56.5 Å². The molecule has 0 aliphatic carbocycles. The van der Waals surface area contributed by atoms with Gasteiger partial charge in [-0.25, -0.2) is 19.6 Å². The second-order valence-corrected chi connectivity index (χ2v) is 15.3. The summed E-state index contributed by atoms with van der Waals surface area (Å²) in [6, 6.07) is 26.0. The Labute approximate surface area is 375 Å². The molecular weight excluding hydrogens is 837 g/mol. The summed E-state index contributed by atoms with van der Waals surface area (Å²) < 4.78 is 31.3. The molecule has 3 amide bonds. The van der Waals surface area contributed by atoms with Gasteiger partial charge >= 0.3 is 18.2 Å². The summed E-state index contributed by atoms with van der Waals surface area (Å²) in [7, 11) is 0. The number of aliphatic carboxylic acids is 1. The molecule has 8 rings (SSSR count). The van der Waals surface area contributed by atoms with Crippen molar-refractivity contribution >= 4 is 35.4 Å². The number of rotatable bonds is 13. The predicted octanol–water partition coefficient (Wildman–Crippen LogP) is 7.41. The fourth-order valence-corrected chi connectivity index (χ4v) is 6.89. The first-order valence-corrected chi connectivity index (χ1v) is 20.9. The maximum atomic E-state index is 12.5. The van der Waals surface area contributed by atoms with Gasteiger partial charge < -0.3 is 54.6 Å². The molecule has 6 N–H and O–H groups in total. The van der Waals surface area contributed by atoms with Crippen LogP contribution in [0.15, 0.2) is 119 Å². The van der Waals surface area contributed by atoms with Crippen LogP contribution in [0.5, 0.6) is 0 Å². The van der Waals surface area contributed by atoms with Crippen molar-refractivity contribution in [3.05, 3.63) is 143 Å². The number of ether oxygens (including phenoxy) is 4. The number of nitrogens with one attached hydrogen (secondary N) is 3. The topological polar surface area (TPSA) is 240 Å². The molecule has 65 heavy (non-hydrogen) atoms. The van der Waals surface area contributed by atoms with E-state index in [4.69, 9.17) is 38.6 Å². The van der Waals surface area contributed by atoms with Crippen molar-refractivity contribution in [2.75, 3.05) is 37.5 Å². The number of aromatic nitrogens is 2. The van der Waals surface area contributed by atoms with E-state index in [1.54, 1.807) is 30.6 Å². The van der Waals surface area contributed by atoms with Crippen LogP contribution in [0.25, 0.3) is 22.6 Å². The van der Waals surface area contributed by atoms with Crippen LogP contribution in [0.3, 0.4) is 0 Å². The van der Waals surface area contributed by atoms with Crippen LogP contribution < -0.4 is 21.7 Å². The van der Waals surface area contributed by atoms with E-state index >= 15 is 0 Å². The Morgan fingerprint density at radius 1 is 0.677 bits per heavy atom. The van der Waals surface area contributed by atoms with Crippen LogP contribution in [0, 0.1) is 13.8 Å². The average molecular weight is 889 g/mol. The highest BCUT2D eigenvalue weighted by atomic mass is 16.6. The molecule has 0 radical (unpaired) electrons. The van der Waals surface area contributed by atoms with E-state index in [2.05, 4.69) is 25.9 Å². The second kappa shape index (κ2) is 23.8. The van der Waals surface area contributed by atoms with Crippen LogP contribution in [0.2, 0.25) is 0 Å². The number of aryl methyl sites for hydroxylation is 2. The number of carbonyl (C=O) groups is 4.